The third-order valence-corrected chi connectivity index (χ3v) is 4.84. The molecule has 1 N–H and O–H groups in total. The number of anilines is 1. The van der Waals surface area contributed by atoms with Gasteiger partial charge in [-0.05, 0) is 47.7 Å². The van der Waals surface area contributed by atoms with E-state index in [9.17, 15) is 12.8 Å². The minimum atomic E-state index is -3.94. The molecule has 0 fully saturated rings. The van der Waals surface area contributed by atoms with E-state index in [1.165, 1.54) is 18.2 Å². The third kappa shape index (κ3) is 3.47. The molecule has 3 nitrogen and oxygen atoms in total. The molecule has 22 heavy (non-hydrogen) atoms. The Morgan fingerprint density at radius 3 is 2.27 bits per heavy atom. The van der Waals surface area contributed by atoms with Crippen LogP contribution in [0.2, 0.25) is 0 Å². The summed E-state index contributed by atoms with van der Waals surface area (Å²) in [7, 11) is -3.94. The molecular weight excluding hydrogens is 301 g/mol. The summed E-state index contributed by atoms with van der Waals surface area (Å²) in [5.41, 5.74) is 2.45. The molecule has 0 aliphatic heterocycles. The van der Waals surface area contributed by atoms with E-state index in [-0.39, 0.29) is 10.3 Å². The summed E-state index contributed by atoms with van der Waals surface area (Å²) in [5, 5.41) is 0. The number of hydrogen-bond donors (Lipinski definition) is 1. The molecule has 0 spiro atoms. The van der Waals surface area contributed by atoms with Crippen molar-refractivity contribution in [3.05, 3.63) is 59.4 Å². The summed E-state index contributed by atoms with van der Waals surface area (Å²) >= 11 is 0. The number of aryl methyl sites for hydroxylation is 1. The first kappa shape index (κ1) is 16.5. The Kier molecular flexibility index (Phi) is 4.29. The standard InChI is InChI=1S/C17H20FNO2S/c1-12-9-10-13(11-14(12)17(2,3)4)19-22(20,21)16-8-6-5-7-15(16)18/h5-11,19H,1-4H3. The Morgan fingerprint density at radius 1 is 1.05 bits per heavy atom. The van der Waals surface area contributed by atoms with Crippen LogP contribution in [-0.2, 0) is 15.4 Å². The van der Waals surface area contributed by atoms with Crippen molar-refractivity contribution in [2.45, 2.75) is 38.0 Å². The molecule has 5 heteroatoms. The molecule has 0 saturated carbocycles. The van der Waals surface area contributed by atoms with Gasteiger partial charge in [0.15, 0.2) is 0 Å². The van der Waals surface area contributed by atoms with Crippen LogP contribution in [0.5, 0.6) is 0 Å². The van der Waals surface area contributed by atoms with Crippen LogP contribution >= 0.6 is 0 Å². The molecule has 0 aliphatic rings. The van der Waals surface area contributed by atoms with E-state index in [4.69, 9.17) is 0 Å². The number of hydrogen-bond acceptors (Lipinski definition) is 2. The van der Waals surface area contributed by atoms with Crippen LogP contribution in [0.3, 0.4) is 0 Å². The lowest BCUT2D eigenvalue weighted by Crippen LogP contribution is -2.17. The number of nitrogens with one attached hydrogen (secondary N) is 1. The summed E-state index contributed by atoms with van der Waals surface area (Å²) in [6.07, 6.45) is 0. The molecule has 2 rings (SSSR count). The average Bonchev–Trinajstić information content (AvgIpc) is 2.39. The molecule has 0 unspecified atom stereocenters. The molecule has 0 atom stereocenters. The molecule has 0 bridgehead atoms. The van der Waals surface area contributed by atoms with Gasteiger partial charge in [-0.3, -0.25) is 4.72 Å². The quantitative estimate of drug-likeness (QED) is 0.919. The van der Waals surface area contributed by atoms with Crippen molar-refractivity contribution in [2.75, 3.05) is 4.72 Å². The van der Waals surface area contributed by atoms with Crippen molar-refractivity contribution in [1.82, 2.24) is 0 Å². The maximum Gasteiger partial charge on any atom is 0.264 e. The van der Waals surface area contributed by atoms with Crippen molar-refractivity contribution < 1.29 is 12.8 Å². The SMILES string of the molecule is Cc1ccc(NS(=O)(=O)c2ccccc2F)cc1C(C)(C)C. The molecule has 0 radical (unpaired) electrons. The van der Waals surface area contributed by atoms with Crippen molar-refractivity contribution in [3.63, 3.8) is 0 Å². The van der Waals surface area contributed by atoms with Crippen LogP contribution in [0.15, 0.2) is 47.4 Å². The molecule has 0 saturated heterocycles. The highest BCUT2D eigenvalue weighted by Crippen LogP contribution is 2.29. The van der Waals surface area contributed by atoms with Crippen molar-refractivity contribution in [3.8, 4) is 0 Å². The van der Waals surface area contributed by atoms with Gasteiger partial charge in [-0.1, -0.05) is 39.0 Å². The minimum absolute atomic E-state index is 0.108. The predicted molar refractivity (Wildman–Crippen MR) is 87.1 cm³/mol. The normalized spacial score (nSPS) is 12.2. The highest BCUT2D eigenvalue weighted by atomic mass is 32.2. The lowest BCUT2D eigenvalue weighted by atomic mass is 9.84. The molecule has 2 aromatic carbocycles. The molecule has 0 amide bonds. The Balaban J connectivity index is 2.41. The van der Waals surface area contributed by atoms with E-state index in [1.807, 2.05) is 13.0 Å². The Bertz CT molecular complexity index is 793. The minimum Gasteiger partial charge on any atom is -0.280 e. The summed E-state index contributed by atoms with van der Waals surface area (Å²) in [6.45, 7) is 8.16. The predicted octanol–water partition coefficient (Wildman–Crippen LogP) is 4.23. The van der Waals surface area contributed by atoms with E-state index in [0.29, 0.717) is 5.69 Å². The molecular formula is C17H20FNO2S. The number of benzene rings is 2. The van der Waals surface area contributed by atoms with Crippen LogP contribution in [0.25, 0.3) is 0 Å². The second-order valence-corrected chi connectivity index (χ2v) is 7.97. The van der Waals surface area contributed by atoms with Crippen molar-refractivity contribution >= 4 is 15.7 Å². The second kappa shape index (κ2) is 5.72. The molecule has 118 valence electrons. The Labute approximate surface area is 131 Å². The smallest absolute Gasteiger partial charge is 0.264 e. The molecule has 0 heterocycles. The molecule has 0 aliphatic carbocycles. The maximum absolute atomic E-state index is 13.7. The molecule has 0 aromatic heterocycles. The lowest BCUT2D eigenvalue weighted by molar-refractivity contribution is 0.570. The average molecular weight is 321 g/mol. The van der Waals surface area contributed by atoms with Crippen LogP contribution in [-0.4, -0.2) is 8.42 Å². The first-order valence-corrected chi connectivity index (χ1v) is 8.48. The number of sulfonamides is 1. The highest BCUT2D eigenvalue weighted by molar-refractivity contribution is 7.92. The van der Waals surface area contributed by atoms with Crippen LogP contribution in [0, 0.1) is 12.7 Å². The van der Waals surface area contributed by atoms with Crippen LogP contribution in [0.4, 0.5) is 10.1 Å². The largest absolute Gasteiger partial charge is 0.280 e. The number of halogens is 1. The fraction of sp³-hybridized carbons (Fsp3) is 0.294. The van der Waals surface area contributed by atoms with Gasteiger partial charge in [-0.25, -0.2) is 12.8 Å². The van der Waals surface area contributed by atoms with E-state index >= 15 is 0 Å². The molecule has 2 aromatic rings. The number of rotatable bonds is 3. The van der Waals surface area contributed by atoms with Gasteiger partial charge in [0.1, 0.15) is 10.7 Å². The monoisotopic (exact) mass is 321 g/mol. The lowest BCUT2D eigenvalue weighted by Gasteiger charge is -2.22. The first-order chi connectivity index (χ1) is 10.1. The second-order valence-electron chi connectivity index (χ2n) is 6.32. The van der Waals surface area contributed by atoms with Crippen LogP contribution < -0.4 is 4.72 Å². The fourth-order valence-corrected chi connectivity index (χ4v) is 3.50. The van der Waals surface area contributed by atoms with Gasteiger partial charge in [0.2, 0.25) is 0 Å². The topological polar surface area (TPSA) is 46.2 Å². The third-order valence-electron chi connectivity index (χ3n) is 3.42. The Hall–Kier alpha value is -1.88. The zero-order chi connectivity index (χ0) is 16.5. The van der Waals surface area contributed by atoms with Gasteiger partial charge >= 0.3 is 0 Å². The fourth-order valence-electron chi connectivity index (χ4n) is 2.37. The highest BCUT2D eigenvalue weighted by Gasteiger charge is 2.21. The van der Waals surface area contributed by atoms with E-state index < -0.39 is 15.8 Å². The summed E-state index contributed by atoms with van der Waals surface area (Å²) < 4.78 is 40.8. The van der Waals surface area contributed by atoms with E-state index in [2.05, 4.69) is 25.5 Å². The van der Waals surface area contributed by atoms with Crippen molar-refractivity contribution in [1.29, 1.82) is 0 Å². The zero-order valence-corrected chi connectivity index (χ0v) is 14.0. The maximum atomic E-state index is 13.7. The van der Waals surface area contributed by atoms with Gasteiger partial charge in [-0.2, -0.15) is 0 Å². The van der Waals surface area contributed by atoms with Gasteiger partial charge < -0.3 is 0 Å². The van der Waals surface area contributed by atoms with E-state index in [1.54, 1.807) is 12.1 Å². The zero-order valence-electron chi connectivity index (χ0n) is 13.1. The summed E-state index contributed by atoms with van der Waals surface area (Å²) in [5.74, 6) is -0.766. The van der Waals surface area contributed by atoms with Gasteiger partial charge in [0, 0.05) is 5.69 Å². The van der Waals surface area contributed by atoms with Crippen LogP contribution in [0.1, 0.15) is 31.9 Å². The first-order valence-electron chi connectivity index (χ1n) is 7.00. The Morgan fingerprint density at radius 2 is 1.68 bits per heavy atom. The van der Waals surface area contributed by atoms with Gasteiger partial charge in [0.25, 0.3) is 10.0 Å². The summed E-state index contributed by atoms with van der Waals surface area (Å²) in [6, 6.07) is 10.7. The van der Waals surface area contributed by atoms with Gasteiger partial charge in [0.05, 0.1) is 0 Å². The van der Waals surface area contributed by atoms with E-state index in [0.717, 1.165) is 17.2 Å². The van der Waals surface area contributed by atoms with Gasteiger partial charge in [-0.15, -0.1) is 0 Å². The summed E-state index contributed by atoms with van der Waals surface area (Å²) in [4.78, 5) is -0.354. The van der Waals surface area contributed by atoms with Crippen molar-refractivity contribution in [2.24, 2.45) is 0 Å².